The number of aryl methyl sites for hydroxylation is 2. The molecule has 100 valence electrons. The van der Waals surface area contributed by atoms with Crippen molar-refractivity contribution in [2.75, 3.05) is 6.61 Å². The summed E-state index contributed by atoms with van der Waals surface area (Å²) in [4.78, 5) is 18.4. The second-order valence-corrected chi connectivity index (χ2v) is 5.69. The number of hydrogen-bond acceptors (Lipinski definition) is 4. The minimum atomic E-state index is 0.00986. The Kier molecular flexibility index (Phi) is 4.32. The lowest BCUT2D eigenvalue weighted by molar-refractivity contribution is 0.104. The number of pyridine rings is 1. The molecule has 0 saturated heterocycles. The number of ether oxygens (including phenoxy) is 1. The van der Waals surface area contributed by atoms with E-state index in [0.29, 0.717) is 17.9 Å². The molecule has 0 atom stereocenters. The van der Waals surface area contributed by atoms with Gasteiger partial charge in [-0.2, -0.15) is 0 Å². The molecular formula is C15H17NO2S. The number of thiophene rings is 1. The van der Waals surface area contributed by atoms with Crippen molar-refractivity contribution >= 4 is 17.1 Å². The lowest BCUT2D eigenvalue weighted by Gasteiger charge is -2.05. The van der Waals surface area contributed by atoms with Gasteiger partial charge in [-0.3, -0.25) is 9.78 Å². The van der Waals surface area contributed by atoms with Crippen LogP contribution in [0.15, 0.2) is 24.5 Å². The molecule has 4 heteroatoms. The fourth-order valence-corrected chi connectivity index (χ4v) is 2.67. The third kappa shape index (κ3) is 3.20. The minimum absolute atomic E-state index is 0.00986. The zero-order valence-corrected chi connectivity index (χ0v) is 12.2. The average molecular weight is 275 g/mol. The molecule has 2 heterocycles. The van der Waals surface area contributed by atoms with Crippen LogP contribution < -0.4 is 4.74 Å². The molecular weight excluding hydrogens is 258 g/mol. The lowest BCUT2D eigenvalue weighted by atomic mass is 10.1. The molecule has 0 spiro atoms. The van der Waals surface area contributed by atoms with Crippen molar-refractivity contribution in [3.05, 3.63) is 45.4 Å². The molecule has 0 aliphatic rings. The van der Waals surface area contributed by atoms with Gasteiger partial charge in [-0.1, -0.05) is 6.92 Å². The van der Waals surface area contributed by atoms with Crippen molar-refractivity contribution in [1.29, 1.82) is 0 Å². The van der Waals surface area contributed by atoms with Gasteiger partial charge in [0.2, 0.25) is 5.78 Å². The van der Waals surface area contributed by atoms with Crippen LogP contribution in [0.3, 0.4) is 0 Å². The summed E-state index contributed by atoms with van der Waals surface area (Å²) < 4.78 is 5.50. The normalized spacial score (nSPS) is 10.5. The van der Waals surface area contributed by atoms with E-state index in [1.807, 2.05) is 26.8 Å². The molecule has 19 heavy (non-hydrogen) atoms. The third-order valence-electron chi connectivity index (χ3n) is 2.84. The van der Waals surface area contributed by atoms with Gasteiger partial charge < -0.3 is 4.74 Å². The highest BCUT2D eigenvalue weighted by Gasteiger charge is 2.14. The smallest absolute Gasteiger partial charge is 0.204 e. The summed E-state index contributed by atoms with van der Waals surface area (Å²) in [7, 11) is 0. The van der Waals surface area contributed by atoms with E-state index in [2.05, 4.69) is 4.98 Å². The highest BCUT2D eigenvalue weighted by molar-refractivity contribution is 7.14. The molecule has 3 nitrogen and oxygen atoms in total. The maximum absolute atomic E-state index is 12.4. The van der Waals surface area contributed by atoms with Gasteiger partial charge in [0.1, 0.15) is 5.75 Å². The van der Waals surface area contributed by atoms with Crippen molar-refractivity contribution in [3.8, 4) is 5.75 Å². The molecule has 0 fully saturated rings. The zero-order chi connectivity index (χ0) is 13.8. The van der Waals surface area contributed by atoms with Crippen LogP contribution in [0, 0.1) is 13.8 Å². The molecule has 0 aliphatic carbocycles. The molecule has 0 N–H and O–H groups in total. The predicted molar refractivity (Wildman–Crippen MR) is 77.2 cm³/mol. The van der Waals surface area contributed by atoms with Crippen molar-refractivity contribution in [1.82, 2.24) is 4.98 Å². The minimum Gasteiger partial charge on any atom is -0.492 e. The molecule has 0 saturated carbocycles. The van der Waals surface area contributed by atoms with Crippen LogP contribution in [0.2, 0.25) is 0 Å². The molecule has 2 aromatic rings. The standard InChI is InChI=1S/C15H17NO2S/c1-4-5-18-13-7-12(8-16-9-13)15(17)14-6-10(2)11(3)19-14/h6-9H,4-5H2,1-3H3. The number of carbonyl (C=O) groups excluding carboxylic acids is 1. The molecule has 0 amide bonds. The molecule has 2 aromatic heterocycles. The molecule has 0 aromatic carbocycles. The van der Waals surface area contributed by atoms with E-state index < -0.39 is 0 Å². The largest absolute Gasteiger partial charge is 0.492 e. The first-order valence-corrected chi connectivity index (χ1v) is 7.13. The Morgan fingerprint density at radius 1 is 1.32 bits per heavy atom. The number of nitrogens with zero attached hydrogens (tertiary/aromatic N) is 1. The van der Waals surface area contributed by atoms with Gasteiger partial charge in [-0.25, -0.2) is 0 Å². The summed E-state index contributed by atoms with van der Waals surface area (Å²) in [6.45, 7) is 6.72. The summed E-state index contributed by atoms with van der Waals surface area (Å²) in [5.74, 6) is 0.661. The quantitative estimate of drug-likeness (QED) is 0.779. The lowest BCUT2D eigenvalue weighted by Crippen LogP contribution is -2.02. The Labute approximate surface area is 117 Å². The Morgan fingerprint density at radius 2 is 2.11 bits per heavy atom. The van der Waals surface area contributed by atoms with Crippen molar-refractivity contribution < 1.29 is 9.53 Å². The van der Waals surface area contributed by atoms with Gasteiger partial charge >= 0.3 is 0 Å². The molecule has 0 radical (unpaired) electrons. The van der Waals surface area contributed by atoms with Gasteiger partial charge in [0, 0.05) is 16.6 Å². The SMILES string of the molecule is CCCOc1cncc(C(=O)c2cc(C)c(C)s2)c1. The Bertz CT molecular complexity index is 570. The maximum Gasteiger partial charge on any atom is 0.204 e. The monoisotopic (exact) mass is 275 g/mol. The van der Waals surface area contributed by atoms with Crippen LogP contribution in [0.5, 0.6) is 5.75 Å². The molecule has 0 unspecified atom stereocenters. The average Bonchev–Trinajstić information content (AvgIpc) is 2.76. The Hall–Kier alpha value is -1.68. The van der Waals surface area contributed by atoms with Gasteiger partial charge in [-0.15, -0.1) is 11.3 Å². The molecule has 0 aliphatic heterocycles. The van der Waals surface area contributed by atoms with E-state index in [1.165, 1.54) is 16.2 Å². The van der Waals surface area contributed by atoms with E-state index in [0.717, 1.165) is 16.9 Å². The topological polar surface area (TPSA) is 39.2 Å². The van der Waals surface area contributed by atoms with Crippen LogP contribution in [0.4, 0.5) is 0 Å². The van der Waals surface area contributed by atoms with Gasteiger partial charge in [0.05, 0.1) is 17.7 Å². The summed E-state index contributed by atoms with van der Waals surface area (Å²) >= 11 is 1.52. The number of rotatable bonds is 5. The second kappa shape index (κ2) is 5.97. The van der Waals surface area contributed by atoms with Crippen molar-refractivity contribution in [2.24, 2.45) is 0 Å². The first kappa shape index (κ1) is 13.7. The summed E-state index contributed by atoms with van der Waals surface area (Å²) in [5, 5.41) is 0. The van der Waals surface area contributed by atoms with Crippen LogP contribution in [0.25, 0.3) is 0 Å². The maximum atomic E-state index is 12.4. The highest BCUT2D eigenvalue weighted by Crippen LogP contribution is 2.24. The Morgan fingerprint density at radius 3 is 2.74 bits per heavy atom. The fraction of sp³-hybridized carbons (Fsp3) is 0.333. The van der Waals surface area contributed by atoms with Gasteiger partial charge in [0.15, 0.2) is 0 Å². The van der Waals surface area contributed by atoms with E-state index in [1.54, 1.807) is 18.5 Å². The summed E-state index contributed by atoms with van der Waals surface area (Å²) in [6, 6.07) is 3.69. The van der Waals surface area contributed by atoms with E-state index >= 15 is 0 Å². The number of hydrogen-bond donors (Lipinski definition) is 0. The van der Waals surface area contributed by atoms with Crippen LogP contribution in [-0.2, 0) is 0 Å². The highest BCUT2D eigenvalue weighted by atomic mass is 32.1. The molecule has 2 rings (SSSR count). The van der Waals surface area contributed by atoms with Crippen molar-refractivity contribution in [2.45, 2.75) is 27.2 Å². The van der Waals surface area contributed by atoms with E-state index in [9.17, 15) is 4.79 Å². The van der Waals surface area contributed by atoms with Crippen molar-refractivity contribution in [3.63, 3.8) is 0 Å². The van der Waals surface area contributed by atoms with E-state index in [4.69, 9.17) is 4.74 Å². The van der Waals surface area contributed by atoms with Crippen LogP contribution >= 0.6 is 11.3 Å². The van der Waals surface area contributed by atoms with E-state index in [-0.39, 0.29) is 5.78 Å². The first-order chi connectivity index (χ1) is 9.11. The molecule has 0 bridgehead atoms. The first-order valence-electron chi connectivity index (χ1n) is 6.31. The zero-order valence-electron chi connectivity index (χ0n) is 11.4. The fourth-order valence-electron chi connectivity index (χ4n) is 1.67. The summed E-state index contributed by atoms with van der Waals surface area (Å²) in [5.41, 5.74) is 1.73. The number of aromatic nitrogens is 1. The second-order valence-electron chi connectivity index (χ2n) is 4.44. The predicted octanol–water partition coefficient (Wildman–Crippen LogP) is 3.78. The van der Waals surface area contributed by atoms with Gasteiger partial charge in [-0.05, 0) is 38.0 Å². The number of ketones is 1. The third-order valence-corrected chi connectivity index (χ3v) is 3.99. The van der Waals surface area contributed by atoms with Crippen LogP contribution in [-0.4, -0.2) is 17.4 Å². The summed E-state index contributed by atoms with van der Waals surface area (Å²) in [6.07, 6.45) is 4.16. The van der Waals surface area contributed by atoms with Crippen LogP contribution in [0.1, 0.15) is 39.0 Å². The number of carbonyl (C=O) groups is 1. The Balaban J connectivity index is 2.23. The van der Waals surface area contributed by atoms with Gasteiger partial charge in [0.25, 0.3) is 0 Å².